The Balaban J connectivity index is 1.49. The molecule has 0 saturated heterocycles. The summed E-state index contributed by atoms with van der Waals surface area (Å²) in [5.74, 6) is -11.6. The van der Waals surface area contributed by atoms with Crippen molar-refractivity contribution >= 4 is 28.6 Å². The number of carbonyl (C=O) groups excluding carboxylic acids is 1. The van der Waals surface area contributed by atoms with Crippen molar-refractivity contribution in [3.63, 3.8) is 0 Å². The number of carbonyl (C=O) groups is 1. The molecular formula is C26H18F8N6OS. The quantitative estimate of drug-likeness (QED) is 0.129. The molecule has 5 aromatic rings. The summed E-state index contributed by atoms with van der Waals surface area (Å²) >= 11 is 1.28. The van der Waals surface area contributed by atoms with E-state index in [0.717, 1.165) is 21.7 Å². The number of amides is 1. The molecule has 0 saturated carbocycles. The SMILES string of the molecule is CCc1ccc(-c2cc(C(F)(F)F)n3nc(C(=O)Nc4c(C)nn(Cc5c(F)c(F)c(F)c(F)c5F)c4C)cc3n2)s1. The largest absolute Gasteiger partial charge is 0.433 e. The van der Waals surface area contributed by atoms with E-state index in [-0.39, 0.29) is 28.4 Å². The summed E-state index contributed by atoms with van der Waals surface area (Å²) in [5.41, 5.74) is -2.78. The van der Waals surface area contributed by atoms with Crippen LogP contribution in [0.2, 0.25) is 0 Å². The maximum Gasteiger partial charge on any atom is 0.433 e. The van der Waals surface area contributed by atoms with Gasteiger partial charge in [0.1, 0.15) is 0 Å². The molecule has 0 unspecified atom stereocenters. The summed E-state index contributed by atoms with van der Waals surface area (Å²) in [6.07, 6.45) is -4.15. The lowest BCUT2D eigenvalue weighted by atomic mass is 10.1. The van der Waals surface area contributed by atoms with Crippen LogP contribution in [-0.4, -0.2) is 30.3 Å². The highest BCUT2D eigenvalue weighted by molar-refractivity contribution is 7.15. The van der Waals surface area contributed by atoms with Crippen molar-refractivity contribution in [2.24, 2.45) is 0 Å². The van der Waals surface area contributed by atoms with Crippen LogP contribution < -0.4 is 5.32 Å². The standard InChI is InChI=1S/C26H18F8N6OS/c1-4-12-5-6-16(42-12)14-7-17(26(32,33)34)40-18(35-14)8-15(38-40)25(41)36-24-10(2)37-39(11(24)3)9-13-19(27)21(29)23(31)22(30)20(13)28/h5-8H,4,9H2,1-3H3,(H,36,41). The van der Waals surface area contributed by atoms with Crippen molar-refractivity contribution in [3.8, 4) is 10.6 Å². The first-order valence-electron chi connectivity index (χ1n) is 12.1. The van der Waals surface area contributed by atoms with Crippen molar-refractivity contribution in [3.05, 3.63) is 86.6 Å². The van der Waals surface area contributed by atoms with Gasteiger partial charge in [-0.25, -0.2) is 31.5 Å². The van der Waals surface area contributed by atoms with Gasteiger partial charge in [0.25, 0.3) is 5.91 Å². The molecule has 5 rings (SSSR count). The van der Waals surface area contributed by atoms with Crippen LogP contribution in [0.5, 0.6) is 0 Å². The van der Waals surface area contributed by atoms with Gasteiger partial charge < -0.3 is 5.32 Å². The highest BCUT2D eigenvalue weighted by atomic mass is 32.1. The number of aryl methyl sites for hydroxylation is 2. The molecule has 1 amide bonds. The van der Waals surface area contributed by atoms with Crippen molar-refractivity contribution in [2.45, 2.75) is 39.9 Å². The van der Waals surface area contributed by atoms with E-state index in [1.165, 1.54) is 25.2 Å². The highest BCUT2D eigenvalue weighted by Crippen LogP contribution is 2.35. The molecule has 4 heterocycles. The Hall–Kier alpha value is -4.34. The molecule has 7 nitrogen and oxygen atoms in total. The van der Waals surface area contributed by atoms with E-state index in [9.17, 15) is 39.9 Å². The number of nitrogens with one attached hydrogen (secondary N) is 1. The zero-order valence-electron chi connectivity index (χ0n) is 21.8. The number of aromatic nitrogens is 5. The van der Waals surface area contributed by atoms with Crippen LogP contribution in [-0.2, 0) is 19.1 Å². The highest BCUT2D eigenvalue weighted by Gasteiger charge is 2.36. The fraction of sp³-hybridized carbons (Fsp3) is 0.231. The Bertz CT molecular complexity index is 1840. The van der Waals surface area contributed by atoms with Crippen molar-refractivity contribution in [2.75, 3.05) is 5.32 Å². The smallest absolute Gasteiger partial charge is 0.317 e. The van der Waals surface area contributed by atoms with Gasteiger partial charge in [-0.3, -0.25) is 9.48 Å². The van der Waals surface area contributed by atoms with E-state index >= 15 is 0 Å². The van der Waals surface area contributed by atoms with E-state index in [1.807, 2.05) is 6.92 Å². The van der Waals surface area contributed by atoms with E-state index in [2.05, 4.69) is 20.5 Å². The minimum atomic E-state index is -4.83. The average Bonchev–Trinajstić information content (AvgIpc) is 3.66. The number of anilines is 1. The molecule has 42 heavy (non-hydrogen) atoms. The fourth-order valence-electron chi connectivity index (χ4n) is 4.27. The average molecular weight is 615 g/mol. The van der Waals surface area contributed by atoms with Gasteiger partial charge in [-0.1, -0.05) is 6.92 Å². The van der Waals surface area contributed by atoms with Gasteiger partial charge in [-0.15, -0.1) is 11.3 Å². The Morgan fingerprint density at radius 3 is 2.19 bits per heavy atom. The zero-order valence-corrected chi connectivity index (χ0v) is 22.6. The monoisotopic (exact) mass is 614 g/mol. The molecule has 0 aliphatic rings. The zero-order chi connectivity index (χ0) is 30.7. The summed E-state index contributed by atoms with van der Waals surface area (Å²) in [7, 11) is 0. The van der Waals surface area contributed by atoms with Crippen LogP contribution >= 0.6 is 11.3 Å². The minimum Gasteiger partial charge on any atom is -0.317 e. The van der Waals surface area contributed by atoms with E-state index in [0.29, 0.717) is 15.8 Å². The van der Waals surface area contributed by atoms with Crippen molar-refractivity contribution in [1.82, 2.24) is 24.4 Å². The van der Waals surface area contributed by atoms with Crippen LogP contribution in [0.1, 0.15) is 44.9 Å². The third kappa shape index (κ3) is 4.99. The lowest BCUT2D eigenvalue weighted by molar-refractivity contribution is -0.142. The summed E-state index contributed by atoms with van der Waals surface area (Å²) in [6.45, 7) is 3.78. The van der Waals surface area contributed by atoms with E-state index < -0.39 is 64.7 Å². The molecule has 0 fully saturated rings. The molecule has 16 heteroatoms. The molecule has 4 aromatic heterocycles. The molecule has 0 aliphatic heterocycles. The lowest BCUT2D eigenvalue weighted by Gasteiger charge is -2.10. The number of alkyl halides is 3. The van der Waals surface area contributed by atoms with Gasteiger partial charge in [0, 0.05) is 10.9 Å². The van der Waals surface area contributed by atoms with Crippen LogP contribution in [0.15, 0.2) is 24.3 Å². The molecule has 0 aliphatic carbocycles. The normalized spacial score (nSPS) is 12.0. The van der Waals surface area contributed by atoms with Gasteiger partial charge in [0.15, 0.2) is 40.3 Å². The maximum atomic E-state index is 14.2. The summed E-state index contributed by atoms with van der Waals surface area (Å²) < 4.78 is 112. The third-order valence-corrected chi connectivity index (χ3v) is 7.69. The summed E-state index contributed by atoms with van der Waals surface area (Å²) in [6, 6.07) is 5.34. The van der Waals surface area contributed by atoms with Gasteiger partial charge in [0.05, 0.1) is 39.8 Å². The first-order valence-corrected chi connectivity index (χ1v) is 13.0. The second kappa shape index (κ2) is 10.5. The Kier molecular flexibility index (Phi) is 7.28. The van der Waals surface area contributed by atoms with Crippen molar-refractivity contribution in [1.29, 1.82) is 0 Å². The molecule has 0 atom stereocenters. The summed E-state index contributed by atoms with van der Waals surface area (Å²) in [5, 5.41) is 10.2. The second-order valence-corrected chi connectivity index (χ2v) is 10.3. The van der Waals surface area contributed by atoms with Crippen LogP contribution in [0.3, 0.4) is 0 Å². The Labute approximate surface area is 235 Å². The van der Waals surface area contributed by atoms with Crippen molar-refractivity contribution < 1.29 is 39.9 Å². The number of benzene rings is 1. The summed E-state index contributed by atoms with van der Waals surface area (Å²) in [4.78, 5) is 18.8. The Morgan fingerprint density at radius 1 is 0.952 bits per heavy atom. The number of hydrogen-bond acceptors (Lipinski definition) is 5. The van der Waals surface area contributed by atoms with E-state index in [4.69, 9.17) is 0 Å². The predicted molar refractivity (Wildman–Crippen MR) is 136 cm³/mol. The van der Waals surface area contributed by atoms with Gasteiger partial charge in [-0.05, 0) is 38.5 Å². The maximum absolute atomic E-state index is 14.2. The number of nitrogens with zero attached hydrogens (tertiary/aromatic N) is 5. The second-order valence-electron chi connectivity index (χ2n) is 9.15. The molecule has 1 N–H and O–H groups in total. The van der Waals surface area contributed by atoms with Crippen LogP contribution in [0, 0.1) is 42.9 Å². The van der Waals surface area contributed by atoms with Crippen LogP contribution in [0.4, 0.5) is 40.8 Å². The topological polar surface area (TPSA) is 77.1 Å². The number of hydrogen-bond donors (Lipinski definition) is 1. The molecular weight excluding hydrogens is 596 g/mol. The Morgan fingerprint density at radius 2 is 1.60 bits per heavy atom. The van der Waals surface area contributed by atoms with Gasteiger partial charge in [0.2, 0.25) is 5.82 Å². The van der Waals surface area contributed by atoms with Gasteiger partial charge in [-0.2, -0.15) is 23.4 Å². The van der Waals surface area contributed by atoms with E-state index in [1.54, 1.807) is 12.1 Å². The molecule has 0 bridgehead atoms. The number of rotatable bonds is 6. The van der Waals surface area contributed by atoms with Crippen LogP contribution in [0.25, 0.3) is 16.2 Å². The lowest BCUT2D eigenvalue weighted by Crippen LogP contribution is -2.16. The number of halogens is 8. The first kappa shape index (κ1) is 29.2. The minimum absolute atomic E-state index is 0.00342. The molecule has 1 aromatic carbocycles. The molecule has 220 valence electrons. The predicted octanol–water partition coefficient (Wildman–Crippen LogP) is 6.85. The fourth-order valence-corrected chi connectivity index (χ4v) is 5.18. The van der Waals surface area contributed by atoms with Gasteiger partial charge >= 0.3 is 6.18 Å². The number of thiophene rings is 1. The first-order chi connectivity index (χ1) is 19.7. The molecule has 0 radical (unpaired) electrons. The number of fused-ring (bicyclic) bond motifs is 1. The third-order valence-electron chi connectivity index (χ3n) is 6.44. The molecule has 0 spiro atoms.